The molecule has 6 nitrogen and oxygen atoms in total. The normalized spacial score (nSPS) is 14.9. The topological polar surface area (TPSA) is 58.6 Å². The number of aromatic nitrogens is 2. The van der Waals surface area contributed by atoms with Gasteiger partial charge in [-0.3, -0.25) is 4.79 Å². The average molecular weight is 431 g/mol. The standard InChI is InChI=1S/C26H30N4O2/c1-18-5-7-22(8-6-18)24-9-10-25(28-27-24)29-11-13-30(14-12-29)26(31)21(4)32-23-16-19(2)15-20(3)17-23/h5-10,15-17,21H,11-14H2,1-4H3. The Balaban J connectivity index is 1.33. The van der Waals surface area contributed by atoms with E-state index in [9.17, 15) is 4.79 Å². The van der Waals surface area contributed by atoms with Gasteiger partial charge in [-0.25, -0.2) is 0 Å². The average Bonchev–Trinajstić information content (AvgIpc) is 2.79. The molecule has 166 valence electrons. The van der Waals surface area contributed by atoms with Gasteiger partial charge in [-0.1, -0.05) is 35.9 Å². The maximum Gasteiger partial charge on any atom is 0.263 e. The molecule has 1 aromatic heterocycles. The molecule has 32 heavy (non-hydrogen) atoms. The lowest BCUT2D eigenvalue weighted by atomic mass is 10.1. The molecule has 4 rings (SSSR count). The minimum Gasteiger partial charge on any atom is -0.481 e. The number of benzene rings is 2. The summed E-state index contributed by atoms with van der Waals surface area (Å²) >= 11 is 0. The number of piperazine rings is 1. The summed E-state index contributed by atoms with van der Waals surface area (Å²) in [6, 6.07) is 18.3. The summed E-state index contributed by atoms with van der Waals surface area (Å²) in [6.07, 6.45) is -0.517. The van der Waals surface area contributed by atoms with Crippen LogP contribution in [0.2, 0.25) is 0 Å². The number of rotatable bonds is 5. The Labute approximate surface area is 189 Å². The van der Waals surface area contributed by atoms with E-state index in [-0.39, 0.29) is 5.91 Å². The van der Waals surface area contributed by atoms with Gasteiger partial charge in [0.15, 0.2) is 11.9 Å². The summed E-state index contributed by atoms with van der Waals surface area (Å²) in [5.74, 6) is 1.60. The van der Waals surface area contributed by atoms with Gasteiger partial charge in [-0.2, -0.15) is 0 Å². The van der Waals surface area contributed by atoms with E-state index in [0.29, 0.717) is 13.1 Å². The number of carbonyl (C=O) groups excluding carboxylic acids is 1. The second kappa shape index (κ2) is 9.39. The van der Waals surface area contributed by atoms with E-state index in [4.69, 9.17) is 4.74 Å². The number of amides is 1. The lowest BCUT2D eigenvalue weighted by Gasteiger charge is -2.36. The molecular formula is C26H30N4O2. The highest BCUT2D eigenvalue weighted by molar-refractivity contribution is 5.81. The summed E-state index contributed by atoms with van der Waals surface area (Å²) in [4.78, 5) is 16.9. The SMILES string of the molecule is Cc1ccc(-c2ccc(N3CCN(C(=O)C(C)Oc4cc(C)cc(C)c4)CC3)nn2)cc1. The minimum atomic E-state index is -0.517. The largest absolute Gasteiger partial charge is 0.481 e. The van der Waals surface area contributed by atoms with Gasteiger partial charge in [0.05, 0.1) is 5.69 Å². The van der Waals surface area contributed by atoms with E-state index in [1.807, 2.05) is 49.9 Å². The van der Waals surface area contributed by atoms with Gasteiger partial charge in [-0.05, 0) is 63.1 Å². The molecule has 0 spiro atoms. The third-order valence-electron chi connectivity index (χ3n) is 5.77. The van der Waals surface area contributed by atoms with Crippen LogP contribution >= 0.6 is 0 Å². The molecule has 1 saturated heterocycles. The van der Waals surface area contributed by atoms with Gasteiger partial charge in [0.1, 0.15) is 5.75 Å². The first-order valence-electron chi connectivity index (χ1n) is 11.1. The molecule has 1 atom stereocenters. The highest BCUT2D eigenvalue weighted by Crippen LogP contribution is 2.21. The van der Waals surface area contributed by atoms with Crippen LogP contribution < -0.4 is 9.64 Å². The molecule has 0 aliphatic carbocycles. The summed E-state index contributed by atoms with van der Waals surface area (Å²) < 4.78 is 5.94. The van der Waals surface area contributed by atoms with Crippen molar-refractivity contribution in [3.63, 3.8) is 0 Å². The first-order chi connectivity index (χ1) is 15.4. The number of nitrogens with zero attached hydrogens (tertiary/aromatic N) is 4. The van der Waals surface area contributed by atoms with Gasteiger partial charge in [-0.15, -0.1) is 10.2 Å². The summed E-state index contributed by atoms with van der Waals surface area (Å²) in [6.45, 7) is 10.7. The van der Waals surface area contributed by atoms with Crippen molar-refractivity contribution in [2.75, 3.05) is 31.1 Å². The highest BCUT2D eigenvalue weighted by atomic mass is 16.5. The van der Waals surface area contributed by atoms with E-state index in [2.05, 4.69) is 52.4 Å². The van der Waals surface area contributed by atoms with Crippen molar-refractivity contribution in [2.24, 2.45) is 0 Å². The number of ether oxygens (including phenoxy) is 1. The quantitative estimate of drug-likeness (QED) is 0.608. The predicted octanol–water partition coefficient (Wildman–Crippen LogP) is 4.18. The van der Waals surface area contributed by atoms with Gasteiger partial charge < -0.3 is 14.5 Å². The maximum atomic E-state index is 12.9. The monoisotopic (exact) mass is 430 g/mol. The zero-order chi connectivity index (χ0) is 22.7. The fourth-order valence-electron chi connectivity index (χ4n) is 4.04. The molecule has 6 heteroatoms. The van der Waals surface area contributed by atoms with Crippen LogP contribution in [0.4, 0.5) is 5.82 Å². The van der Waals surface area contributed by atoms with Crippen LogP contribution in [0.15, 0.2) is 54.6 Å². The fraction of sp³-hybridized carbons (Fsp3) is 0.346. The lowest BCUT2D eigenvalue weighted by Crippen LogP contribution is -2.52. The van der Waals surface area contributed by atoms with E-state index in [0.717, 1.165) is 47.0 Å². The smallest absolute Gasteiger partial charge is 0.263 e. The predicted molar refractivity (Wildman–Crippen MR) is 127 cm³/mol. The summed E-state index contributed by atoms with van der Waals surface area (Å²) in [7, 11) is 0. The molecule has 1 fully saturated rings. The third-order valence-corrected chi connectivity index (χ3v) is 5.77. The van der Waals surface area contributed by atoms with Crippen LogP contribution in [0.1, 0.15) is 23.6 Å². The van der Waals surface area contributed by atoms with Crippen molar-refractivity contribution in [3.8, 4) is 17.0 Å². The molecule has 1 amide bonds. The van der Waals surface area contributed by atoms with Crippen molar-refractivity contribution in [1.82, 2.24) is 15.1 Å². The third kappa shape index (κ3) is 5.07. The van der Waals surface area contributed by atoms with Crippen LogP contribution in [0.5, 0.6) is 5.75 Å². The molecule has 0 N–H and O–H groups in total. The zero-order valence-electron chi connectivity index (χ0n) is 19.2. The number of anilines is 1. The second-order valence-electron chi connectivity index (χ2n) is 8.54. The van der Waals surface area contributed by atoms with Crippen molar-refractivity contribution < 1.29 is 9.53 Å². The second-order valence-corrected chi connectivity index (χ2v) is 8.54. The molecule has 3 aromatic rings. The summed E-state index contributed by atoms with van der Waals surface area (Å²) in [5, 5.41) is 8.83. The van der Waals surface area contributed by atoms with Crippen molar-refractivity contribution >= 4 is 11.7 Å². The fourth-order valence-corrected chi connectivity index (χ4v) is 4.04. The number of hydrogen-bond donors (Lipinski definition) is 0. The lowest BCUT2D eigenvalue weighted by molar-refractivity contribution is -0.138. The van der Waals surface area contributed by atoms with Crippen LogP contribution in [0.3, 0.4) is 0 Å². The van der Waals surface area contributed by atoms with Crippen molar-refractivity contribution in [2.45, 2.75) is 33.8 Å². The van der Waals surface area contributed by atoms with E-state index in [1.54, 1.807) is 0 Å². The van der Waals surface area contributed by atoms with E-state index >= 15 is 0 Å². The number of hydrogen-bond acceptors (Lipinski definition) is 5. The van der Waals surface area contributed by atoms with Crippen LogP contribution in [0.25, 0.3) is 11.3 Å². The molecule has 1 aliphatic heterocycles. The van der Waals surface area contributed by atoms with Crippen LogP contribution in [-0.2, 0) is 4.79 Å². The molecule has 0 saturated carbocycles. The van der Waals surface area contributed by atoms with Gasteiger partial charge in [0.25, 0.3) is 5.91 Å². The minimum absolute atomic E-state index is 0.0182. The Morgan fingerprint density at radius 3 is 2.09 bits per heavy atom. The molecule has 0 radical (unpaired) electrons. The molecule has 1 unspecified atom stereocenters. The van der Waals surface area contributed by atoms with Gasteiger partial charge in [0.2, 0.25) is 0 Å². The van der Waals surface area contributed by atoms with Crippen LogP contribution in [0, 0.1) is 20.8 Å². The Hall–Kier alpha value is -3.41. The van der Waals surface area contributed by atoms with Gasteiger partial charge in [0, 0.05) is 31.7 Å². The van der Waals surface area contributed by atoms with E-state index < -0.39 is 6.10 Å². The Bertz CT molecular complexity index is 1050. The first-order valence-corrected chi connectivity index (χ1v) is 11.1. The van der Waals surface area contributed by atoms with Gasteiger partial charge >= 0.3 is 0 Å². The summed E-state index contributed by atoms with van der Waals surface area (Å²) in [5.41, 5.74) is 5.40. The van der Waals surface area contributed by atoms with Crippen molar-refractivity contribution in [3.05, 3.63) is 71.3 Å². The Morgan fingerprint density at radius 2 is 1.50 bits per heavy atom. The molecular weight excluding hydrogens is 400 g/mol. The molecule has 0 bridgehead atoms. The Morgan fingerprint density at radius 1 is 0.844 bits per heavy atom. The van der Waals surface area contributed by atoms with Crippen molar-refractivity contribution in [1.29, 1.82) is 0 Å². The number of carbonyl (C=O) groups is 1. The Kier molecular flexibility index (Phi) is 6.40. The molecule has 2 heterocycles. The highest BCUT2D eigenvalue weighted by Gasteiger charge is 2.26. The first kappa shape index (κ1) is 21.8. The zero-order valence-corrected chi connectivity index (χ0v) is 19.2. The number of aryl methyl sites for hydroxylation is 3. The van der Waals surface area contributed by atoms with Crippen LogP contribution in [-0.4, -0.2) is 53.3 Å². The maximum absolute atomic E-state index is 12.9. The van der Waals surface area contributed by atoms with E-state index in [1.165, 1.54) is 5.56 Å². The molecule has 1 aliphatic rings. The molecule has 2 aromatic carbocycles.